The number of methoxy groups -OCH3 is 1. The number of hydrogen-bond acceptors (Lipinski definition) is 5. The van der Waals surface area contributed by atoms with E-state index in [0.717, 1.165) is 12.1 Å². The first-order chi connectivity index (χ1) is 13.9. The van der Waals surface area contributed by atoms with Crippen LogP contribution in [0.1, 0.15) is 20.7 Å². The van der Waals surface area contributed by atoms with Crippen molar-refractivity contribution >= 4 is 11.8 Å². The fourth-order valence-corrected chi connectivity index (χ4v) is 3.21. The first kappa shape index (κ1) is 20.7. The molecular formula is C19H23F2N5O3. The minimum Gasteiger partial charge on any atom is -0.479 e. The average Bonchev–Trinajstić information content (AvgIpc) is 3.08. The van der Waals surface area contributed by atoms with Crippen molar-refractivity contribution in [2.75, 3.05) is 46.4 Å². The first-order valence-electron chi connectivity index (χ1n) is 9.21. The molecular weight excluding hydrogens is 384 g/mol. The van der Waals surface area contributed by atoms with Crippen molar-refractivity contribution in [3.05, 3.63) is 47.2 Å². The molecule has 1 aliphatic heterocycles. The lowest BCUT2D eigenvalue weighted by atomic mass is 10.2. The normalized spacial score (nSPS) is 14.7. The summed E-state index contributed by atoms with van der Waals surface area (Å²) in [6, 6.07) is 2.85. The summed E-state index contributed by atoms with van der Waals surface area (Å²) in [5, 5.41) is 6.73. The molecule has 156 valence electrons. The highest BCUT2D eigenvalue weighted by Gasteiger charge is 2.26. The zero-order valence-corrected chi connectivity index (χ0v) is 16.3. The highest BCUT2D eigenvalue weighted by atomic mass is 19.1. The van der Waals surface area contributed by atoms with Crippen molar-refractivity contribution in [1.29, 1.82) is 0 Å². The highest BCUT2D eigenvalue weighted by molar-refractivity contribution is 5.96. The summed E-state index contributed by atoms with van der Waals surface area (Å²) in [6.45, 7) is 3.26. The molecule has 2 aromatic rings. The maximum atomic E-state index is 13.6. The van der Waals surface area contributed by atoms with Gasteiger partial charge in [0.05, 0.1) is 12.7 Å². The number of carbonyl (C=O) groups excluding carboxylic acids is 2. The summed E-state index contributed by atoms with van der Waals surface area (Å²) in [7, 11) is 3.20. The quantitative estimate of drug-likeness (QED) is 0.770. The van der Waals surface area contributed by atoms with Gasteiger partial charge in [-0.25, -0.2) is 8.78 Å². The molecule has 1 N–H and O–H groups in total. The van der Waals surface area contributed by atoms with Gasteiger partial charge in [-0.05, 0) is 12.1 Å². The highest BCUT2D eigenvalue weighted by Crippen LogP contribution is 2.18. The van der Waals surface area contributed by atoms with Crippen LogP contribution in [0.3, 0.4) is 0 Å². The largest absolute Gasteiger partial charge is 0.479 e. The van der Waals surface area contributed by atoms with Gasteiger partial charge in [-0.1, -0.05) is 0 Å². The van der Waals surface area contributed by atoms with E-state index in [1.54, 1.807) is 18.1 Å². The predicted octanol–water partition coefficient (Wildman–Crippen LogP) is 0.895. The number of amides is 2. The Bertz CT molecular complexity index is 894. The number of aryl methyl sites for hydroxylation is 1. The van der Waals surface area contributed by atoms with Crippen molar-refractivity contribution in [3.8, 4) is 5.88 Å². The molecule has 0 saturated carbocycles. The number of carbonyl (C=O) groups is 2. The molecule has 1 aromatic carbocycles. The van der Waals surface area contributed by atoms with E-state index in [0.29, 0.717) is 56.8 Å². The lowest BCUT2D eigenvalue weighted by Gasteiger charge is -2.34. The molecule has 29 heavy (non-hydrogen) atoms. The molecule has 8 nitrogen and oxygen atoms in total. The molecule has 1 aliphatic rings. The lowest BCUT2D eigenvalue weighted by Crippen LogP contribution is -2.50. The third kappa shape index (κ3) is 4.89. The molecule has 3 rings (SSSR count). The van der Waals surface area contributed by atoms with Crippen LogP contribution in [0.15, 0.2) is 24.4 Å². The number of nitrogens with zero attached hydrogens (tertiary/aromatic N) is 4. The molecule has 1 aromatic heterocycles. The maximum Gasteiger partial charge on any atom is 0.261 e. The predicted molar refractivity (Wildman–Crippen MR) is 101 cm³/mol. The van der Waals surface area contributed by atoms with Crippen molar-refractivity contribution in [3.63, 3.8) is 0 Å². The van der Waals surface area contributed by atoms with Crippen LogP contribution in [0.25, 0.3) is 0 Å². The van der Waals surface area contributed by atoms with Crippen LogP contribution in [-0.4, -0.2) is 77.8 Å². The van der Waals surface area contributed by atoms with E-state index in [1.807, 2.05) is 0 Å². The minimum absolute atomic E-state index is 0.130. The molecule has 0 aliphatic carbocycles. The second kappa shape index (κ2) is 8.99. The van der Waals surface area contributed by atoms with E-state index >= 15 is 0 Å². The summed E-state index contributed by atoms with van der Waals surface area (Å²) < 4.78 is 33.2. The lowest BCUT2D eigenvalue weighted by molar-refractivity contribution is 0.0634. The number of halogens is 2. The van der Waals surface area contributed by atoms with E-state index in [-0.39, 0.29) is 11.5 Å². The van der Waals surface area contributed by atoms with Crippen molar-refractivity contribution in [1.82, 2.24) is 24.9 Å². The zero-order chi connectivity index (χ0) is 21.0. The summed E-state index contributed by atoms with van der Waals surface area (Å²) in [6.07, 6.45) is 1.64. The molecule has 0 unspecified atom stereocenters. The van der Waals surface area contributed by atoms with Crippen LogP contribution in [0, 0.1) is 11.6 Å². The Morgan fingerprint density at radius 2 is 1.90 bits per heavy atom. The molecule has 0 spiro atoms. The number of piperazine rings is 1. The Kier molecular flexibility index (Phi) is 6.42. The van der Waals surface area contributed by atoms with Gasteiger partial charge in [-0.3, -0.25) is 19.2 Å². The van der Waals surface area contributed by atoms with Gasteiger partial charge in [0.1, 0.15) is 17.2 Å². The fraction of sp³-hybridized carbons (Fsp3) is 0.421. The van der Waals surface area contributed by atoms with Gasteiger partial charge in [-0.2, -0.15) is 0 Å². The number of ether oxygens (including phenoxy) is 1. The minimum atomic E-state index is -0.888. The summed E-state index contributed by atoms with van der Waals surface area (Å²) in [5.74, 6) is -2.03. The zero-order valence-electron chi connectivity index (χ0n) is 16.3. The average molecular weight is 407 g/mol. The van der Waals surface area contributed by atoms with Crippen LogP contribution in [0.4, 0.5) is 8.78 Å². The van der Waals surface area contributed by atoms with Crippen LogP contribution in [-0.2, 0) is 7.05 Å². The summed E-state index contributed by atoms with van der Waals surface area (Å²) in [4.78, 5) is 28.5. The molecule has 2 amide bonds. The Hall–Kier alpha value is -3.01. The fourth-order valence-electron chi connectivity index (χ4n) is 3.21. The standard InChI is InChI=1S/C19H23F2N5O3/c1-24-12-15(18(23-24)29-2)19(28)26-9-7-25(8-10-26)6-5-22-17(27)14-4-3-13(20)11-16(14)21/h3-4,11-12H,5-10H2,1-2H3,(H,22,27). The number of rotatable bonds is 6. The first-order valence-corrected chi connectivity index (χ1v) is 9.21. The van der Waals surface area contributed by atoms with Gasteiger partial charge in [-0.15, -0.1) is 5.10 Å². The van der Waals surface area contributed by atoms with Gasteiger partial charge in [0, 0.05) is 58.6 Å². The Morgan fingerprint density at radius 1 is 1.17 bits per heavy atom. The molecule has 0 radical (unpaired) electrons. The van der Waals surface area contributed by atoms with E-state index in [4.69, 9.17) is 4.74 Å². The van der Waals surface area contributed by atoms with Crippen LogP contribution >= 0.6 is 0 Å². The molecule has 0 atom stereocenters. The maximum absolute atomic E-state index is 13.6. The molecule has 2 heterocycles. The third-order valence-corrected chi connectivity index (χ3v) is 4.77. The van der Waals surface area contributed by atoms with Crippen LogP contribution in [0.5, 0.6) is 5.88 Å². The van der Waals surface area contributed by atoms with Crippen LogP contribution in [0.2, 0.25) is 0 Å². The number of hydrogen-bond donors (Lipinski definition) is 1. The second-order valence-corrected chi connectivity index (χ2v) is 6.74. The second-order valence-electron chi connectivity index (χ2n) is 6.74. The monoisotopic (exact) mass is 407 g/mol. The van der Waals surface area contributed by atoms with Crippen molar-refractivity contribution in [2.45, 2.75) is 0 Å². The third-order valence-electron chi connectivity index (χ3n) is 4.77. The SMILES string of the molecule is COc1nn(C)cc1C(=O)N1CCN(CCNC(=O)c2ccc(F)cc2F)CC1. The van der Waals surface area contributed by atoms with Gasteiger partial charge < -0.3 is 15.0 Å². The van der Waals surface area contributed by atoms with Crippen molar-refractivity contribution in [2.24, 2.45) is 7.05 Å². The Morgan fingerprint density at radius 3 is 2.55 bits per heavy atom. The van der Waals surface area contributed by atoms with Gasteiger partial charge in [0.25, 0.3) is 11.8 Å². The van der Waals surface area contributed by atoms with Crippen LogP contribution < -0.4 is 10.1 Å². The Balaban J connectivity index is 1.45. The molecule has 1 fully saturated rings. The Labute approximate surface area is 167 Å². The van der Waals surface area contributed by atoms with Gasteiger partial charge >= 0.3 is 0 Å². The van der Waals surface area contributed by atoms with Gasteiger partial charge in [0.2, 0.25) is 5.88 Å². The summed E-state index contributed by atoms with van der Waals surface area (Å²) >= 11 is 0. The molecule has 0 bridgehead atoms. The topological polar surface area (TPSA) is 79.7 Å². The van der Waals surface area contributed by atoms with E-state index in [1.165, 1.54) is 11.8 Å². The molecule has 1 saturated heterocycles. The summed E-state index contributed by atoms with van der Waals surface area (Å²) in [5.41, 5.74) is 0.240. The van der Waals surface area contributed by atoms with Gasteiger partial charge in [0.15, 0.2) is 0 Å². The van der Waals surface area contributed by atoms with Crippen molar-refractivity contribution < 1.29 is 23.1 Å². The van der Waals surface area contributed by atoms with E-state index in [2.05, 4.69) is 15.3 Å². The smallest absolute Gasteiger partial charge is 0.261 e. The van der Waals surface area contributed by atoms with E-state index in [9.17, 15) is 18.4 Å². The van der Waals surface area contributed by atoms with E-state index < -0.39 is 17.5 Å². The molecule has 10 heteroatoms. The number of benzene rings is 1. The number of nitrogens with one attached hydrogen (secondary N) is 1. The number of aromatic nitrogens is 2.